The number of hydrogen-bond acceptors (Lipinski definition) is 4. The van der Waals surface area contributed by atoms with E-state index in [1.807, 2.05) is 0 Å². The van der Waals surface area contributed by atoms with E-state index < -0.39 is 21.5 Å². The second-order valence-electron chi connectivity index (χ2n) is 5.19. The highest BCUT2D eigenvalue weighted by atomic mass is 32.2. The maximum Gasteiger partial charge on any atom is 0.325 e. The van der Waals surface area contributed by atoms with Crippen LogP contribution in [0, 0.1) is 5.92 Å². The smallest absolute Gasteiger partial charge is 0.325 e. The van der Waals surface area contributed by atoms with Gasteiger partial charge < -0.3 is 9.84 Å². The van der Waals surface area contributed by atoms with Gasteiger partial charge in [-0.15, -0.1) is 0 Å². The molecule has 1 fully saturated rings. The van der Waals surface area contributed by atoms with Crippen molar-refractivity contribution >= 4 is 16.0 Å². The minimum absolute atomic E-state index is 0.109. The second-order valence-corrected chi connectivity index (χ2v) is 7.03. The molecule has 112 valence electrons. The Bertz CT molecular complexity index is 408. The van der Waals surface area contributed by atoms with Gasteiger partial charge in [-0.3, -0.25) is 4.79 Å². The average Bonchev–Trinajstić information content (AvgIpc) is 2.32. The van der Waals surface area contributed by atoms with Crippen molar-refractivity contribution in [1.29, 1.82) is 0 Å². The number of carbonyl (C=O) groups is 1. The highest BCUT2D eigenvalue weighted by Gasteiger charge is 2.47. The van der Waals surface area contributed by atoms with Gasteiger partial charge in [-0.25, -0.2) is 8.42 Å². The van der Waals surface area contributed by atoms with Gasteiger partial charge in [-0.2, -0.15) is 4.72 Å². The molecular weight excluding hydrogens is 270 g/mol. The predicted octanol–water partition coefficient (Wildman–Crippen LogP) is 0.976. The Balaban J connectivity index is 2.81. The van der Waals surface area contributed by atoms with Crippen LogP contribution in [0.4, 0.5) is 0 Å². The van der Waals surface area contributed by atoms with Crippen molar-refractivity contribution in [2.75, 3.05) is 19.5 Å². The van der Waals surface area contributed by atoms with Crippen LogP contribution in [0.25, 0.3) is 0 Å². The number of aliphatic carboxylic acids is 1. The third-order valence-corrected chi connectivity index (χ3v) is 5.28. The van der Waals surface area contributed by atoms with Crippen molar-refractivity contribution in [3.8, 4) is 0 Å². The van der Waals surface area contributed by atoms with Gasteiger partial charge in [0.1, 0.15) is 5.54 Å². The van der Waals surface area contributed by atoms with E-state index in [1.165, 1.54) is 7.11 Å². The van der Waals surface area contributed by atoms with Crippen LogP contribution in [-0.4, -0.2) is 44.5 Å². The number of sulfonamides is 1. The van der Waals surface area contributed by atoms with E-state index in [0.717, 1.165) is 19.3 Å². The molecule has 7 heteroatoms. The SMILES string of the molecule is COCCCS(=O)(=O)NC1(C(=O)O)CCCCC1C. The summed E-state index contributed by atoms with van der Waals surface area (Å²) in [6, 6.07) is 0. The molecule has 1 saturated carbocycles. The molecule has 6 nitrogen and oxygen atoms in total. The van der Waals surface area contributed by atoms with Crippen LogP contribution in [0.3, 0.4) is 0 Å². The summed E-state index contributed by atoms with van der Waals surface area (Å²) < 4.78 is 31.2. The summed E-state index contributed by atoms with van der Waals surface area (Å²) in [4.78, 5) is 11.5. The molecule has 0 aromatic heterocycles. The molecule has 0 aromatic carbocycles. The molecule has 0 aromatic rings. The number of rotatable bonds is 7. The summed E-state index contributed by atoms with van der Waals surface area (Å²) in [7, 11) is -2.10. The summed E-state index contributed by atoms with van der Waals surface area (Å²) >= 11 is 0. The topological polar surface area (TPSA) is 92.7 Å². The number of methoxy groups -OCH3 is 1. The predicted molar refractivity (Wildman–Crippen MR) is 71.4 cm³/mol. The van der Waals surface area contributed by atoms with E-state index >= 15 is 0 Å². The number of carboxylic acids is 1. The number of carboxylic acid groups (broad SMARTS) is 1. The van der Waals surface area contributed by atoms with Crippen molar-refractivity contribution in [3.05, 3.63) is 0 Å². The van der Waals surface area contributed by atoms with Crippen LogP contribution >= 0.6 is 0 Å². The van der Waals surface area contributed by atoms with Crippen molar-refractivity contribution in [3.63, 3.8) is 0 Å². The highest BCUT2D eigenvalue weighted by Crippen LogP contribution is 2.34. The van der Waals surface area contributed by atoms with E-state index in [0.29, 0.717) is 19.4 Å². The van der Waals surface area contributed by atoms with Crippen LogP contribution < -0.4 is 4.72 Å². The second kappa shape index (κ2) is 6.67. The quantitative estimate of drug-likeness (QED) is 0.682. The monoisotopic (exact) mass is 293 g/mol. The van der Waals surface area contributed by atoms with Gasteiger partial charge in [0.25, 0.3) is 0 Å². The zero-order valence-corrected chi connectivity index (χ0v) is 12.3. The molecule has 1 aliphatic carbocycles. The summed E-state index contributed by atoms with van der Waals surface area (Å²) in [6.45, 7) is 2.14. The van der Waals surface area contributed by atoms with Gasteiger partial charge in [0, 0.05) is 13.7 Å². The molecule has 2 N–H and O–H groups in total. The van der Waals surface area contributed by atoms with Gasteiger partial charge in [-0.1, -0.05) is 19.8 Å². The Morgan fingerprint density at radius 1 is 1.47 bits per heavy atom. The Morgan fingerprint density at radius 3 is 2.68 bits per heavy atom. The van der Waals surface area contributed by atoms with Crippen molar-refractivity contribution < 1.29 is 23.1 Å². The highest BCUT2D eigenvalue weighted by molar-refractivity contribution is 7.89. The first kappa shape index (κ1) is 16.4. The molecular formula is C12H23NO5S. The normalized spacial score (nSPS) is 28.2. The van der Waals surface area contributed by atoms with E-state index in [4.69, 9.17) is 4.74 Å². The summed E-state index contributed by atoms with van der Waals surface area (Å²) in [5, 5.41) is 9.44. The Labute approximate surface area is 114 Å². The summed E-state index contributed by atoms with van der Waals surface area (Å²) in [5.41, 5.74) is -1.34. The lowest BCUT2D eigenvalue weighted by Crippen LogP contribution is -2.60. The standard InChI is InChI=1S/C12H23NO5S/c1-10-6-3-4-7-12(10,11(14)15)13-19(16,17)9-5-8-18-2/h10,13H,3-9H2,1-2H3,(H,14,15). The fourth-order valence-corrected chi connectivity index (χ4v) is 4.13. The molecule has 1 aliphatic rings. The number of nitrogens with one attached hydrogen (secondary N) is 1. The van der Waals surface area contributed by atoms with Crippen molar-refractivity contribution in [2.24, 2.45) is 5.92 Å². The fourth-order valence-electron chi connectivity index (χ4n) is 2.58. The number of ether oxygens (including phenoxy) is 1. The molecule has 0 heterocycles. The lowest BCUT2D eigenvalue weighted by molar-refractivity contribution is -0.147. The molecule has 2 atom stereocenters. The molecule has 1 rings (SSSR count). The Morgan fingerprint density at radius 2 is 2.16 bits per heavy atom. The van der Waals surface area contributed by atoms with E-state index in [2.05, 4.69) is 4.72 Å². The first-order chi connectivity index (χ1) is 8.84. The maximum absolute atomic E-state index is 12.0. The fraction of sp³-hybridized carbons (Fsp3) is 0.917. The van der Waals surface area contributed by atoms with Gasteiger partial charge in [-0.05, 0) is 25.2 Å². The van der Waals surface area contributed by atoms with E-state index in [-0.39, 0.29) is 11.7 Å². The van der Waals surface area contributed by atoms with Crippen LogP contribution in [0.1, 0.15) is 39.0 Å². The molecule has 2 unspecified atom stereocenters. The first-order valence-electron chi connectivity index (χ1n) is 6.58. The summed E-state index contributed by atoms with van der Waals surface area (Å²) in [6.07, 6.45) is 3.12. The third kappa shape index (κ3) is 4.15. The van der Waals surface area contributed by atoms with Gasteiger partial charge in [0.05, 0.1) is 5.75 Å². The largest absolute Gasteiger partial charge is 0.480 e. The Kier molecular flexibility index (Phi) is 5.76. The molecule has 0 radical (unpaired) electrons. The number of hydrogen-bond donors (Lipinski definition) is 2. The molecule has 0 spiro atoms. The Hall–Kier alpha value is -0.660. The zero-order valence-electron chi connectivity index (χ0n) is 11.5. The van der Waals surface area contributed by atoms with Crippen LogP contribution in [-0.2, 0) is 19.6 Å². The van der Waals surface area contributed by atoms with Crippen molar-refractivity contribution in [2.45, 2.75) is 44.6 Å². The first-order valence-corrected chi connectivity index (χ1v) is 8.23. The van der Waals surface area contributed by atoms with E-state index in [1.54, 1.807) is 6.92 Å². The molecule has 0 amide bonds. The molecule has 0 bridgehead atoms. The molecule has 0 saturated heterocycles. The van der Waals surface area contributed by atoms with Crippen LogP contribution in [0.15, 0.2) is 0 Å². The van der Waals surface area contributed by atoms with Crippen LogP contribution in [0.5, 0.6) is 0 Å². The third-order valence-electron chi connectivity index (χ3n) is 3.78. The summed E-state index contributed by atoms with van der Waals surface area (Å²) in [5.74, 6) is -1.38. The molecule has 0 aliphatic heterocycles. The molecule has 19 heavy (non-hydrogen) atoms. The zero-order chi connectivity index (χ0) is 14.5. The van der Waals surface area contributed by atoms with Crippen LogP contribution in [0.2, 0.25) is 0 Å². The lowest BCUT2D eigenvalue weighted by atomic mass is 9.74. The van der Waals surface area contributed by atoms with Crippen molar-refractivity contribution in [1.82, 2.24) is 4.72 Å². The van der Waals surface area contributed by atoms with Gasteiger partial charge >= 0.3 is 5.97 Å². The minimum Gasteiger partial charge on any atom is -0.480 e. The lowest BCUT2D eigenvalue weighted by Gasteiger charge is -2.39. The minimum atomic E-state index is -3.60. The maximum atomic E-state index is 12.0. The van der Waals surface area contributed by atoms with Gasteiger partial charge in [0.15, 0.2) is 0 Å². The van der Waals surface area contributed by atoms with E-state index in [9.17, 15) is 18.3 Å². The average molecular weight is 293 g/mol. The van der Waals surface area contributed by atoms with Gasteiger partial charge in [0.2, 0.25) is 10.0 Å².